The maximum atomic E-state index is 13.3. The monoisotopic (exact) mass is 498 g/mol. The van der Waals surface area contributed by atoms with E-state index in [0.29, 0.717) is 0 Å². The number of aliphatic imine (C=N–C) groups is 1. The number of benzene rings is 1. The molecule has 8 heteroatoms. The summed E-state index contributed by atoms with van der Waals surface area (Å²) in [6.45, 7) is 6.43. The Balaban J connectivity index is 0.00000280. The minimum Gasteiger partial charge on any atom is -0.361 e. The van der Waals surface area contributed by atoms with Crippen LogP contribution in [0.2, 0.25) is 0 Å². The highest BCUT2D eigenvalue weighted by Crippen LogP contribution is 2.19. The molecule has 0 unspecified atom stereocenters. The fourth-order valence-electron chi connectivity index (χ4n) is 3.11. The maximum Gasteiger partial charge on any atom is 0.191 e. The third-order valence-electron chi connectivity index (χ3n) is 4.57. The molecule has 0 amide bonds. The number of H-pyrrole nitrogens is 2. The number of nitrogens with zero attached hydrogens (tertiary/aromatic N) is 2. The lowest BCUT2D eigenvalue weighted by molar-refractivity contribution is 0.629. The number of hydrogen-bond acceptors (Lipinski definition) is 2. The van der Waals surface area contributed by atoms with E-state index in [9.17, 15) is 4.39 Å². The van der Waals surface area contributed by atoms with Gasteiger partial charge in [0.1, 0.15) is 5.82 Å². The second kappa shape index (κ2) is 11.0. The summed E-state index contributed by atoms with van der Waals surface area (Å²) in [7, 11) is 0. The van der Waals surface area contributed by atoms with Gasteiger partial charge in [0.15, 0.2) is 5.96 Å². The normalized spacial score (nSPS) is 11.5. The standard InChI is InChI=1S/C20H27FN6.HI/c1-3-22-20(23-9-4-5-15-13-26-27-14(15)2)24-10-8-16-12-25-19-11-17(21)6-7-18(16)19;/h6-7,11-13,25H,3-5,8-10H2,1-2H3,(H,26,27)(H2,22,23,24);1H. The SMILES string of the molecule is CCNC(=NCCCc1cn[nH]c1C)NCCc1c[nH]c2cc(F)ccc12.I. The number of hydrogen-bond donors (Lipinski definition) is 4. The summed E-state index contributed by atoms with van der Waals surface area (Å²) in [4.78, 5) is 7.77. The van der Waals surface area contributed by atoms with Crippen molar-refractivity contribution < 1.29 is 4.39 Å². The Morgan fingerprint density at radius 2 is 2.07 bits per heavy atom. The van der Waals surface area contributed by atoms with Gasteiger partial charge in [0.05, 0.1) is 6.20 Å². The lowest BCUT2D eigenvalue weighted by Gasteiger charge is -2.11. The van der Waals surface area contributed by atoms with E-state index in [1.807, 2.05) is 25.4 Å². The first-order chi connectivity index (χ1) is 13.2. The van der Waals surface area contributed by atoms with E-state index in [1.165, 1.54) is 23.3 Å². The van der Waals surface area contributed by atoms with E-state index < -0.39 is 0 Å². The lowest BCUT2D eigenvalue weighted by atomic mass is 10.1. The molecule has 0 aliphatic carbocycles. The molecule has 4 N–H and O–H groups in total. The molecule has 0 saturated carbocycles. The molecule has 0 fully saturated rings. The molecule has 0 spiro atoms. The topological polar surface area (TPSA) is 80.9 Å². The number of fused-ring (bicyclic) bond motifs is 1. The van der Waals surface area contributed by atoms with Crippen LogP contribution in [0.15, 0.2) is 35.6 Å². The highest BCUT2D eigenvalue weighted by atomic mass is 127. The van der Waals surface area contributed by atoms with Crippen molar-refractivity contribution in [1.82, 2.24) is 25.8 Å². The second-order valence-electron chi connectivity index (χ2n) is 6.57. The molecule has 0 atom stereocenters. The van der Waals surface area contributed by atoms with Crippen LogP contribution in [0.4, 0.5) is 4.39 Å². The summed E-state index contributed by atoms with van der Waals surface area (Å²) in [5.41, 5.74) is 4.38. The van der Waals surface area contributed by atoms with Crippen molar-refractivity contribution in [1.29, 1.82) is 0 Å². The third-order valence-corrected chi connectivity index (χ3v) is 4.57. The molecule has 0 bridgehead atoms. The molecule has 6 nitrogen and oxygen atoms in total. The third kappa shape index (κ3) is 5.95. The summed E-state index contributed by atoms with van der Waals surface area (Å²) in [5.74, 6) is 0.605. The largest absolute Gasteiger partial charge is 0.361 e. The van der Waals surface area contributed by atoms with Crippen LogP contribution in [-0.4, -0.2) is 40.8 Å². The molecule has 28 heavy (non-hydrogen) atoms. The van der Waals surface area contributed by atoms with Crippen molar-refractivity contribution in [3.05, 3.63) is 53.2 Å². The fourth-order valence-corrected chi connectivity index (χ4v) is 3.11. The highest BCUT2D eigenvalue weighted by molar-refractivity contribution is 14.0. The van der Waals surface area contributed by atoms with Crippen molar-refractivity contribution in [3.8, 4) is 0 Å². The minimum atomic E-state index is -0.221. The molecule has 0 aliphatic heterocycles. The Morgan fingerprint density at radius 3 is 2.82 bits per heavy atom. The van der Waals surface area contributed by atoms with Gasteiger partial charge in [-0.2, -0.15) is 5.10 Å². The van der Waals surface area contributed by atoms with E-state index in [2.05, 4.69) is 37.7 Å². The second-order valence-corrected chi connectivity index (χ2v) is 6.57. The number of guanidine groups is 1. The zero-order valence-electron chi connectivity index (χ0n) is 16.3. The first-order valence-corrected chi connectivity index (χ1v) is 9.44. The first kappa shape index (κ1) is 22.2. The predicted octanol–water partition coefficient (Wildman–Crippen LogP) is 3.69. The van der Waals surface area contributed by atoms with Gasteiger partial charge in [-0.1, -0.05) is 0 Å². The van der Waals surface area contributed by atoms with Crippen molar-refractivity contribution in [2.45, 2.75) is 33.1 Å². The Kier molecular flexibility index (Phi) is 8.75. The van der Waals surface area contributed by atoms with Crippen molar-refractivity contribution >= 4 is 40.8 Å². The summed E-state index contributed by atoms with van der Waals surface area (Å²) >= 11 is 0. The van der Waals surface area contributed by atoms with Crippen LogP contribution < -0.4 is 10.6 Å². The molecular weight excluding hydrogens is 470 g/mol. The van der Waals surface area contributed by atoms with Crippen LogP contribution in [0, 0.1) is 12.7 Å². The molecule has 3 aromatic rings. The summed E-state index contributed by atoms with van der Waals surface area (Å²) < 4.78 is 13.3. The first-order valence-electron chi connectivity index (χ1n) is 9.44. The fraction of sp³-hybridized carbons (Fsp3) is 0.400. The number of halogens is 2. The van der Waals surface area contributed by atoms with Gasteiger partial charge in [0.2, 0.25) is 0 Å². The van der Waals surface area contributed by atoms with E-state index in [-0.39, 0.29) is 29.8 Å². The van der Waals surface area contributed by atoms with Gasteiger partial charge in [0, 0.05) is 42.4 Å². The van der Waals surface area contributed by atoms with Crippen LogP contribution in [0.5, 0.6) is 0 Å². The molecule has 3 rings (SSSR count). The molecule has 0 aliphatic rings. The number of aromatic nitrogens is 3. The van der Waals surface area contributed by atoms with Gasteiger partial charge in [-0.25, -0.2) is 4.39 Å². The molecule has 0 saturated heterocycles. The predicted molar refractivity (Wildman–Crippen MR) is 123 cm³/mol. The zero-order valence-corrected chi connectivity index (χ0v) is 18.6. The van der Waals surface area contributed by atoms with Crippen LogP contribution in [0.25, 0.3) is 10.9 Å². The minimum absolute atomic E-state index is 0. The smallest absolute Gasteiger partial charge is 0.191 e. The quantitative estimate of drug-likeness (QED) is 0.166. The summed E-state index contributed by atoms with van der Waals surface area (Å²) in [6.07, 6.45) is 6.62. The van der Waals surface area contributed by atoms with E-state index in [0.717, 1.165) is 61.5 Å². The molecule has 0 radical (unpaired) electrons. The van der Waals surface area contributed by atoms with Crippen LogP contribution in [0.3, 0.4) is 0 Å². The van der Waals surface area contributed by atoms with Crippen LogP contribution in [-0.2, 0) is 12.8 Å². The van der Waals surface area contributed by atoms with Crippen molar-refractivity contribution in [3.63, 3.8) is 0 Å². The highest BCUT2D eigenvalue weighted by Gasteiger charge is 2.05. The maximum absolute atomic E-state index is 13.3. The van der Waals surface area contributed by atoms with Crippen molar-refractivity contribution in [2.75, 3.05) is 19.6 Å². The number of rotatable bonds is 8. The van der Waals surface area contributed by atoms with Crippen LogP contribution >= 0.6 is 24.0 Å². The van der Waals surface area contributed by atoms with Gasteiger partial charge in [-0.05, 0) is 62.4 Å². The number of aromatic amines is 2. The summed E-state index contributed by atoms with van der Waals surface area (Å²) in [6, 6.07) is 4.85. The Bertz CT molecular complexity index is 901. The van der Waals surface area contributed by atoms with Gasteiger partial charge < -0.3 is 15.6 Å². The zero-order chi connectivity index (χ0) is 19.1. The van der Waals surface area contributed by atoms with E-state index in [4.69, 9.17) is 0 Å². The Hall–Kier alpha value is -2.10. The molecule has 2 heterocycles. The van der Waals surface area contributed by atoms with Crippen LogP contribution in [0.1, 0.15) is 30.2 Å². The van der Waals surface area contributed by atoms with Crippen molar-refractivity contribution in [2.24, 2.45) is 4.99 Å². The van der Waals surface area contributed by atoms with Gasteiger partial charge in [0.25, 0.3) is 0 Å². The molecular formula is C20H28FIN6. The summed E-state index contributed by atoms with van der Waals surface area (Å²) in [5, 5.41) is 14.7. The molecule has 152 valence electrons. The van der Waals surface area contributed by atoms with E-state index in [1.54, 1.807) is 0 Å². The molecule has 2 aromatic heterocycles. The number of nitrogens with one attached hydrogen (secondary N) is 4. The molecule has 1 aromatic carbocycles. The Morgan fingerprint density at radius 1 is 1.21 bits per heavy atom. The lowest BCUT2D eigenvalue weighted by Crippen LogP contribution is -2.38. The van der Waals surface area contributed by atoms with E-state index >= 15 is 0 Å². The van der Waals surface area contributed by atoms with Gasteiger partial charge >= 0.3 is 0 Å². The Labute approximate surface area is 181 Å². The average molecular weight is 498 g/mol. The van der Waals surface area contributed by atoms with Gasteiger partial charge in [-0.3, -0.25) is 10.1 Å². The van der Waals surface area contributed by atoms with Gasteiger partial charge in [-0.15, -0.1) is 24.0 Å². The average Bonchev–Trinajstić information content (AvgIpc) is 3.24. The number of aryl methyl sites for hydroxylation is 2.